The van der Waals surface area contributed by atoms with Crippen LogP contribution < -0.4 is 0 Å². The molecule has 6 nitrogen and oxygen atoms in total. The molecule has 2 saturated heterocycles. The molecule has 1 aromatic rings. The van der Waals surface area contributed by atoms with E-state index in [9.17, 15) is 9.59 Å². The van der Waals surface area contributed by atoms with Gasteiger partial charge < -0.3 is 9.80 Å². The molecule has 0 aliphatic carbocycles. The average Bonchev–Trinajstić information content (AvgIpc) is 2.68. The maximum atomic E-state index is 12.1. The van der Waals surface area contributed by atoms with Crippen LogP contribution in [0.15, 0.2) is 24.5 Å². The molecule has 0 saturated carbocycles. The van der Waals surface area contributed by atoms with Crippen LogP contribution >= 0.6 is 0 Å². The standard InChI is InChI=1S/C17H24N4O2/c1-14(22)21-7-6-20(10-15-4-3-5-18-9-15)12-17(13-21)8-16(23)19(2)11-17/h3-5,9H,6-8,10-13H2,1-2H3/t17-/m0/s1. The lowest BCUT2D eigenvalue weighted by molar-refractivity contribution is -0.130. The summed E-state index contributed by atoms with van der Waals surface area (Å²) in [5, 5.41) is 0. The molecule has 0 N–H and O–H groups in total. The zero-order valence-electron chi connectivity index (χ0n) is 13.9. The number of rotatable bonds is 2. The molecule has 1 aromatic heterocycles. The summed E-state index contributed by atoms with van der Waals surface area (Å²) in [6.07, 6.45) is 4.18. The lowest BCUT2D eigenvalue weighted by atomic mass is 9.86. The van der Waals surface area contributed by atoms with Crippen molar-refractivity contribution in [3.8, 4) is 0 Å². The summed E-state index contributed by atoms with van der Waals surface area (Å²) in [6, 6.07) is 4.01. The summed E-state index contributed by atoms with van der Waals surface area (Å²) < 4.78 is 0. The van der Waals surface area contributed by atoms with Crippen molar-refractivity contribution < 1.29 is 9.59 Å². The van der Waals surface area contributed by atoms with Crippen LogP contribution in [0.25, 0.3) is 0 Å². The summed E-state index contributed by atoms with van der Waals surface area (Å²) in [7, 11) is 1.85. The number of likely N-dealkylation sites (tertiary alicyclic amines) is 1. The van der Waals surface area contributed by atoms with Gasteiger partial charge in [0.05, 0.1) is 0 Å². The van der Waals surface area contributed by atoms with Gasteiger partial charge in [-0.3, -0.25) is 19.5 Å². The van der Waals surface area contributed by atoms with Crippen LogP contribution in [0.4, 0.5) is 0 Å². The van der Waals surface area contributed by atoms with Gasteiger partial charge in [0.15, 0.2) is 0 Å². The van der Waals surface area contributed by atoms with E-state index in [1.54, 1.807) is 18.0 Å². The van der Waals surface area contributed by atoms with E-state index in [0.29, 0.717) is 13.0 Å². The second kappa shape index (κ2) is 6.28. The van der Waals surface area contributed by atoms with E-state index in [1.807, 2.05) is 24.2 Å². The molecule has 3 heterocycles. The van der Waals surface area contributed by atoms with E-state index in [4.69, 9.17) is 0 Å². The van der Waals surface area contributed by atoms with Gasteiger partial charge in [0.1, 0.15) is 0 Å². The smallest absolute Gasteiger partial charge is 0.223 e. The molecular formula is C17H24N4O2. The number of nitrogens with zero attached hydrogens (tertiary/aromatic N) is 4. The first-order valence-corrected chi connectivity index (χ1v) is 8.08. The Morgan fingerprint density at radius 2 is 2.13 bits per heavy atom. The van der Waals surface area contributed by atoms with Gasteiger partial charge in [-0.25, -0.2) is 0 Å². The Morgan fingerprint density at radius 1 is 1.30 bits per heavy atom. The fraction of sp³-hybridized carbons (Fsp3) is 0.588. The third-order valence-corrected chi connectivity index (χ3v) is 4.87. The molecule has 1 spiro atoms. The summed E-state index contributed by atoms with van der Waals surface area (Å²) in [6.45, 7) is 6.19. The van der Waals surface area contributed by atoms with Gasteiger partial charge in [-0.05, 0) is 11.6 Å². The lowest BCUT2D eigenvalue weighted by Gasteiger charge is -2.33. The van der Waals surface area contributed by atoms with Gasteiger partial charge in [-0.2, -0.15) is 0 Å². The molecule has 6 heteroatoms. The molecule has 3 rings (SSSR count). The van der Waals surface area contributed by atoms with Crippen molar-refractivity contribution in [3.05, 3.63) is 30.1 Å². The molecule has 2 aliphatic rings. The molecule has 0 aromatic carbocycles. The maximum absolute atomic E-state index is 12.1. The van der Waals surface area contributed by atoms with Crippen LogP contribution in [-0.4, -0.2) is 71.3 Å². The van der Waals surface area contributed by atoms with Crippen LogP contribution in [0, 0.1) is 5.41 Å². The highest BCUT2D eigenvalue weighted by Gasteiger charge is 2.45. The molecule has 23 heavy (non-hydrogen) atoms. The van der Waals surface area contributed by atoms with Crippen molar-refractivity contribution >= 4 is 11.8 Å². The van der Waals surface area contributed by atoms with Gasteiger partial charge in [0.25, 0.3) is 0 Å². The Bertz CT molecular complexity index is 592. The van der Waals surface area contributed by atoms with Crippen molar-refractivity contribution in [1.82, 2.24) is 19.7 Å². The Morgan fingerprint density at radius 3 is 2.74 bits per heavy atom. The Labute approximate surface area is 137 Å². The van der Waals surface area contributed by atoms with Crippen molar-refractivity contribution in [3.63, 3.8) is 0 Å². The quantitative estimate of drug-likeness (QED) is 0.801. The van der Waals surface area contributed by atoms with Gasteiger partial charge in [-0.15, -0.1) is 0 Å². The molecule has 0 unspecified atom stereocenters. The summed E-state index contributed by atoms with van der Waals surface area (Å²) >= 11 is 0. The maximum Gasteiger partial charge on any atom is 0.223 e. The minimum absolute atomic E-state index is 0.0922. The highest BCUT2D eigenvalue weighted by Crippen LogP contribution is 2.34. The lowest BCUT2D eigenvalue weighted by Crippen LogP contribution is -2.43. The monoisotopic (exact) mass is 316 g/mol. The summed E-state index contributed by atoms with van der Waals surface area (Å²) in [5.41, 5.74) is 1.01. The molecule has 0 bridgehead atoms. The van der Waals surface area contributed by atoms with E-state index >= 15 is 0 Å². The second-order valence-corrected chi connectivity index (χ2v) is 6.94. The zero-order chi connectivity index (χ0) is 16.4. The number of hydrogen-bond donors (Lipinski definition) is 0. The van der Waals surface area contributed by atoms with Crippen molar-refractivity contribution in [2.45, 2.75) is 19.9 Å². The summed E-state index contributed by atoms with van der Waals surface area (Å²) in [5.74, 6) is 0.270. The molecule has 2 fully saturated rings. The molecule has 2 amide bonds. The number of hydrogen-bond acceptors (Lipinski definition) is 4. The second-order valence-electron chi connectivity index (χ2n) is 6.94. The molecular weight excluding hydrogens is 292 g/mol. The van der Waals surface area contributed by atoms with Gasteiger partial charge in [0.2, 0.25) is 11.8 Å². The topological polar surface area (TPSA) is 56.8 Å². The SMILES string of the molecule is CC(=O)N1CCN(Cc2cccnc2)C[C@@]2(CC(=O)N(C)C2)C1. The largest absolute Gasteiger partial charge is 0.345 e. The summed E-state index contributed by atoms with van der Waals surface area (Å²) in [4.78, 5) is 34.2. The Hall–Kier alpha value is -1.95. The molecule has 0 radical (unpaired) electrons. The number of aromatic nitrogens is 1. The van der Waals surface area contributed by atoms with E-state index in [1.165, 1.54) is 0 Å². The van der Waals surface area contributed by atoms with Crippen molar-refractivity contribution in [1.29, 1.82) is 0 Å². The first-order valence-electron chi connectivity index (χ1n) is 8.08. The molecule has 2 aliphatic heterocycles. The van der Waals surface area contributed by atoms with Gasteiger partial charge >= 0.3 is 0 Å². The van der Waals surface area contributed by atoms with Crippen LogP contribution in [0.1, 0.15) is 18.9 Å². The highest BCUT2D eigenvalue weighted by molar-refractivity contribution is 5.79. The van der Waals surface area contributed by atoms with Crippen molar-refractivity contribution in [2.24, 2.45) is 5.41 Å². The van der Waals surface area contributed by atoms with E-state index in [0.717, 1.165) is 38.3 Å². The third kappa shape index (κ3) is 3.52. The van der Waals surface area contributed by atoms with Crippen LogP contribution in [0.2, 0.25) is 0 Å². The number of carbonyl (C=O) groups is 2. The fourth-order valence-electron chi connectivity index (χ4n) is 3.82. The van der Waals surface area contributed by atoms with Crippen LogP contribution in [0.3, 0.4) is 0 Å². The van der Waals surface area contributed by atoms with E-state index < -0.39 is 0 Å². The first kappa shape index (κ1) is 15.9. The third-order valence-electron chi connectivity index (χ3n) is 4.87. The fourth-order valence-corrected chi connectivity index (χ4v) is 3.82. The predicted octanol–water partition coefficient (Wildman–Crippen LogP) is 0.594. The first-order chi connectivity index (χ1) is 11.0. The normalized spacial score (nSPS) is 25.9. The molecule has 124 valence electrons. The number of amides is 2. The Balaban J connectivity index is 1.80. The van der Waals surface area contributed by atoms with Crippen molar-refractivity contribution in [2.75, 3.05) is 39.8 Å². The number of pyridine rings is 1. The predicted molar refractivity (Wildman–Crippen MR) is 86.5 cm³/mol. The minimum atomic E-state index is -0.157. The van der Waals surface area contributed by atoms with Gasteiger partial charge in [0, 0.05) is 77.5 Å². The van der Waals surface area contributed by atoms with E-state index in [-0.39, 0.29) is 17.2 Å². The minimum Gasteiger partial charge on any atom is -0.345 e. The Kier molecular flexibility index (Phi) is 4.35. The highest BCUT2D eigenvalue weighted by atomic mass is 16.2. The zero-order valence-corrected chi connectivity index (χ0v) is 13.9. The average molecular weight is 316 g/mol. The van der Waals surface area contributed by atoms with Crippen LogP contribution in [-0.2, 0) is 16.1 Å². The van der Waals surface area contributed by atoms with Crippen LogP contribution in [0.5, 0.6) is 0 Å². The molecule has 1 atom stereocenters. The van der Waals surface area contributed by atoms with E-state index in [2.05, 4.69) is 16.0 Å². The number of carbonyl (C=O) groups excluding carboxylic acids is 2. The van der Waals surface area contributed by atoms with Gasteiger partial charge in [-0.1, -0.05) is 6.07 Å².